The van der Waals surface area contributed by atoms with Crippen molar-refractivity contribution < 1.29 is 0 Å². The second-order valence-corrected chi connectivity index (χ2v) is 6.81. The molecule has 0 spiro atoms. The molecule has 3 aromatic heterocycles. The molecule has 0 aliphatic rings. The Kier molecular flexibility index (Phi) is 5.50. The predicted octanol–water partition coefficient (Wildman–Crippen LogP) is 4.07. The Balaban J connectivity index is 0.00000218. The fourth-order valence-electron chi connectivity index (χ4n) is 3.53. The summed E-state index contributed by atoms with van der Waals surface area (Å²) in [6.45, 7) is 0.471. The fraction of sp³-hybridized carbons (Fsp3) is 0.0870. The van der Waals surface area contributed by atoms with Gasteiger partial charge in [0.15, 0.2) is 0 Å². The van der Waals surface area contributed by atoms with E-state index < -0.39 is 0 Å². The lowest BCUT2D eigenvalue weighted by molar-refractivity contribution is 0.580. The summed E-state index contributed by atoms with van der Waals surface area (Å²) in [5, 5.41) is 6.94. The Morgan fingerprint density at radius 2 is 1.67 bits per heavy atom. The summed E-state index contributed by atoms with van der Waals surface area (Å²) in [6.07, 6.45) is 7.33. The Bertz CT molecular complexity index is 1390. The molecule has 0 saturated carbocycles. The highest BCUT2D eigenvalue weighted by molar-refractivity contribution is 5.95. The van der Waals surface area contributed by atoms with Crippen molar-refractivity contribution in [2.24, 2.45) is 0 Å². The summed E-state index contributed by atoms with van der Waals surface area (Å²) in [4.78, 5) is 25.8. The van der Waals surface area contributed by atoms with Crippen molar-refractivity contribution in [2.45, 2.75) is 13.0 Å². The van der Waals surface area contributed by atoms with Gasteiger partial charge < -0.3 is 0 Å². The molecule has 30 heavy (non-hydrogen) atoms. The number of aryl methyl sites for hydroxylation is 2. The molecule has 0 bridgehead atoms. The first-order chi connectivity index (χ1) is 14.3. The van der Waals surface area contributed by atoms with Gasteiger partial charge in [0, 0.05) is 40.8 Å². The maximum atomic E-state index is 13.0. The van der Waals surface area contributed by atoms with E-state index in [-0.39, 0.29) is 18.0 Å². The number of hydrogen-bond acceptors (Lipinski definition) is 5. The summed E-state index contributed by atoms with van der Waals surface area (Å²) in [7, 11) is 0. The first kappa shape index (κ1) is 19.7. The number of nitrogens with zero attached hydrogens (tertiary/aromatic N) is 5. The second-order valence-electron chi connectivity index (χ2n) is 6.81. The van der Waals surface area contributed by atoms with Gasteiger partial charge in [-0.05, 0) is 23.8 Å². The zero-order valence-electron chi connectivity index (χ0n) is 16.0. The van der Waals surface area contributed by atoms with Crippen LogP contribution in [0.5, 0.6) is 0 Å². The van der Waals surface area contributed by atoms with Crippen molar-refractivity contribution in [1.29, 1.82) is 0 Å². The molecular formula is C23H18ClN5O. The highest BCUT2D eigenvalue weighted by Gasteiger charge is 2.10. The van der Waals surface area contributed by atoms with Crippen LogP contribution in [0.15, 0.2) is 84.3 Å². The zero-order chi connectivity index (χ0) is 19.6. The van der Waals surface area contributed by atoms with Crippen LogP contribution in [0.4, 0.5) is 0 Å². The lowest BCUT2D eigenvalue weighted by Crippen LogP contribution is -2.24. The van der Waals surface area contributed by atoms with Gasteiger partial charge in [0.05, 0.1) is 23.6 Å². The summed E-state index contributed by atoms with van der Waals surface area (Å²) in [5.41, 5.74) is 3.54. The van der Waals surface area contributed by atoms with E-state index in [0.717, 1.165) is 33.1 Å². The van der Waals surface area contributed by atoms with Gasteiger partial charge in [-0.1, -0.05) is 36.4 Å². The van der Waals surface area contributed by atoms with Gasteiger partial charge in [-0.3, -0.25) is 9.78 Å². The summed E-state index contributed by atoms with van der Waals surface area (Å²) < 4.78 is 1.50. The zero-order valence-corrected chi connectivity index (χ0v) is 16.8. The van der Waals surface area contributed by atoms with Crippen LogP contribution in [-0.2, 0) is 13.0 Å². The molecule has 0 saturated heterocycles. The van der Waals surface area contributed by atoms with Gasteiger partial charge in [-0.25, -0.2) is 14.6 Å². The molecule has 2 aromatic carbocycles. The molecule has 7 heteroatoms. The third kappa shape index (κ3) is 3.65. The van der Waals surface area contributed by atoms with Crippen LogP contribution in [0.2, 0.25) is 0 Å². The maximum Gasteiger partial charge on any atom is 0.274 e. The van der Waals surface area contributed by atoms with Crippen molar-refractivity contribution in [1.82, 2.24) is 24.7 Å². The van der Waals surface area contributed by atoms with E-state index in [1.54, 1.807) is 18.6 Å². The monoisotopic (exact) mass is 415 g/mol. The highest BCUT2D eigenvalue weighted by Crippen LogP contribution is 2.25. The Morgan fingerprint density at radius 3 is 2.53 bits per heavy atom. The third-order valence-corrected chi connectivity index (χ3v) is 5.00. The lowest BCUT2D eigenvalue weighted by atomic mass is 10.0. The number of halogens is 1. The van der Waals surface area contributed by atoms with E-state index in [0.29, 0.717) is 18.4 Å². The second kappa shape index (κ2) is 8.39. The van der Waals surface area contributed by atoms with Crippen LogP contribution in [0.25, 0.3) is 32.8 Å². The number of benzene rings is 2. The molecule has 0 fully saturated rings. The van der Waals surface area contributed by atoms with Gasteiger partial charge in [0.1, 0.15) is 6.33 Å². The molecule has 6 nitrogen and oxygen atoms in total. The van der Waals surface area contributed by atoms with Crippen LogP contribution >= 0.6 is 12.4 Å². The smallest absolute Gasteiger partial charge is 0.267 e. The largest absolute Gasteiger partial charge is 0.274 e. The predicted molar refractivity (Wildman–Crippen MR) is 120 cm³/mol. The number of aromatic nitrogens is 5. The molecule has 0 radical (unpaired) electrons. The van der Waals surface area contributed by atoms with E-state index >= 15 is 0 Å². The van der Waals surface area contributed by atoms with E-state index in [2.05, 4.69) is 26.1 Å². The van der Waals surface area contributed by atoms with Crippen molar-refractivity contribution in [2.75, 3.05) is 0 Å². The molecule has 5 aromatic rings. The van der Waals surface area contributed by atoms with Crippen molar-refractivity contribution >= 4 is 34.1 Å². The fourth-order valence-corrected chi connectivity index (χ4v) is 3.53. The van der Waals surface area contributed by atoms with Gasteiger partial charge in [-0.15, -0.1) is 12.4 Å². The molecule has 0 aliphatic carbocycles. The van der Waals surface area contributed by atoms with E-state index in [1.807, 2.05) is 48.5 Å². The molecule has 0 amide bonds. The normalized spacial score (nSPS) is 10.8. The molecule has 3 heterocycles. The molecule has 0 aliphatic heterocycles. The van der Waals surface area contributed by atoms with E-state index in [4.69, 9.17) is 0 Å². The average Bonchev–Trinajstić information content (AvgIpc) is 2.79. The quantitative estimate of drug-likeness (QED) is 0.442. The topological polar surface area (TPSA) is 73.6 Å². The van der Waals surface area contributed by atoms with Crippen LogP contribution in [-0.4, -0.2) is 24.7 Å². The number of fused-ring (bicyclic) bond motifs is 2. The van der Waals surface area contributed by atoms with E-state index in [1.165, 1.54) is 11.0 Å². The molecule has 0 N–H and O–H groups in total. The minimum Gasteiger partial charge on any atom is -0.267 e. The minimum atomic E-state index is -0.109. The molecule has 0 unspecified atom stereocenters. The SMILES string of the molecule is Cl.O=c1c2cccc(-c3cncnc3)c2cnn1CCc1ccc2ccccc2n1. The summed E-state index contributed by atoms with van der Waals surface area (Å²) in [5.74, 6) is 0. The molecule has 0 atom stereocenters. The Morgan fingerprint density at radius 1 is 0.833 bits per heavy atom. The van der Waals surface area contributed by atoms with Crippen LogP contribution in [0.1, 0.15) is 5.69 Å². The number of pyridine rings is 1. The number of rotatable bonds is 4. The van der Waals surface area contributed by atoms with Crippen LogP contribution < -0.4 is 5.56 Å². The van der Waals surface area contributed by atoms with Gasteiger partial charge >= 0.3 is 0 Å². The first-order valence-electron chi connectivity index (χ1n) is 9.38. The lowest BCUT2D eigenvalue weighted by Gasteiger charge is -2.09. The van der Waals surface area contributed by atoms with E-state index in [9.17, 15) is 4.79 Å². The van der Waals surface area contributed by atoms with Crippen molar-refractivity contribution in [3.8, 4) is 11.1 Å². The third-order valence-electron chi connectivity index (χ3n) is 5.00. The standard InChI is InChI=1S/C23H17N5O.ClH/c29-23-20-6-3-5-19(17-12-24-15-25-13-17)21(20)14-26-28(23)11-10-18-9-8-16-4-1-2-7-22(16)27-18;/h1-9,12-15H,10-11H2;1H. The average molecular weight is 416 g/mol. The van der Waals surface area contributed by atoms with Crippen LogP contribution in [0, 0.1) is 0 Å². The highest BCUT2D eigenvalue weighted by atomic mass is 35.5. The maximum absolute atomic E-state index is 13.0. The number of para-hydroxylation sites is 1. The molecular weight excluding hydrogens is 398 g/mol. The van der Waals surface area contributed by atoms with Crippen LogP contribution in [0.3, 0.4) is 0 Å². The van der Waals surface area contributed by atoms with Gasteiger partial charge in [0.25, 0.3) is 5.56 Å². The van der Waals surface area contributed by atoms with Gasteiger partial charge in [0.2, 0.25) is 0 Å². The van der Waals surface area contributed by atoms with Gasteiger partial charge in [-0.2, -0.15) is 5.10 Å². The Hall–Kier alpha value is -3.64. The number of hydrogen-bond donors (Lipinski definition) is 0. The molecule has 5 rings (SSSR count). The van der Waals surface area contributed by atoms with Crippen molar-refractivity contribution in [3.05, 3.63) is 95.6 Å². The summed E-state index contributed by atoms with van der Waals surface area (Å²) in [6, 6.07) is 17.7. The summed E-state index contributed by atoms with van der Waals surface area (Å²) >= 11 is 0. The van der Waals surface area contributed by atoms with Crippen molar-refractivity contribution in [3.63, 3.8) is 0 Å². The molecule has 148 valence electrons. The Labute approximate surface area is 178 Å². The minimum absolute atomic E-state index is 0. The first-order valence-corrected chi connectivity index (χ1v) is 9.38.